The van der Waals surface area contributed by atoms with Gasteiger partial charge in [-0.15, -0.1) is 0 Å². The zero-order valence-corrected chi connectivity index (χ0v) is 12.4. The molecule has 1 aliphatic carbocycles. The molecule has 1 N–H and O–H groups in total. The zero-order valence-electron chi connectivity index (χ0n) is 11.6. The second kappa shape index (κ2) is 5.19. The van der Waals surface area contributed by atoms with Crippen molar-refractivity contribution in [1.29, 1.82) is 0 Å². The summed E-state index contributed by atoms with van der Waals surface area (Å²) in [5.74, 6) is 2.88. The SMILES string of the molecule is Cc1cc(CN=C2NC3(CCC(C)CC3)CS2)on1. The molecule has 0 unspecified atom stereocenters. The molecule has 1 aromatic rings. The van der Waals surface area contributed by atoms with Gasteiger partial charge in [-0.2, -0.15) is 0 Å². The molecule has 1 saturated heterocycles. The fourth-order valence-electron chi connectivity index (χ4n) is 2.82. The van der Waals surface area contributed by atoms with Crippen molar-refractivity contribution < 1.29 is 4.52 Å². The molecule has 104 valence electrons. The molecule has 19 heavy (non-hydrogen) atoms. The van der Waals surface area contributed by atoms with Gasteiger partial charge in [-0.1, -0.05) is 23.8 Å². The molecule has 2 heterocycles. The average molecular weight is 279 g/mol. The summed E-state index contributed by atoms with van der Waals surface area (Å²) in [4.78, 5) is 4.61. The highest BCUT2D eigenvalue weighted by molar-refractivity contribution is 8.14. The maximum Gasteiger partial charge on any atom is 0.158 e. The number of amidine groups is 1. The van der Waals surface area contributed by atoms with Gasteiger partial charge in [0.05, 0.1) is 5.69 Å². The van der Waals surface area contributed by atoms with E-state index in [9.17, 15) is 0 Å². The number of aromatic nitrogens is 1. The quantitative estimate of drug-likeness (QED) is 0.903. The van der Waals surface area contributed by atoms with Crippen LogP contribution in [0.2, 0.25) is 0 Å². The Bertz CT molecular complexity index is 475. The van der Waals surface area contributed by atoms with Crippen LogP contribution in [0.1, 0.15) is 44.1 Å². The maximum absolute atomic E-state index is 5.18. The number of hydrogen-bond donors (Lipinski definition) is 1. The average Bonchev–Trinajstić information content (AvgIpc) is 2.99. The van der Waals surface area contributed by atoms with E-state index in [0.29, 0.717) is 12.1 Å². The van der Waals surface area contributed by atoms with Gasteiger partial charge in [0.1, 0.15) is 6.54 Å². The Hall–Kier alpha value is -0.970. The van der Waals surface area contributed by atoms with Gasteiger partial charge in [-0.3, -0.25) is 4.99 Å². The van der Waals surface area contributed by atoms with E-state index in [0.717, 1.165) is 28.3 Å². The monoisotopic (exact) mass is 279 g/mol. The first-order chi connectivity index (χ1) is 9.15. The summed E-state index contributed by atoms with van der Waals surface area (Å²) in [6.07, 6.45) is 5.23. The van der Waals surface area contributed by atoms with Gasteiger partial charge in [0.15, 0.2) is 10.9 Å². The van der Waals surface area contributed by atoms with Crippen molar-refractivity contribution in [3.63, 3.8) is 0 Å². The molecular weight excluding hydrogens is 258 g/mol. The lowest BCUT2D eigenvalue weighted by atomic mass is 9.78. The Kier molecular flexibility index (Phi) is 3.56. The molecule has 3 rings (SSSR count). The first-order valence-corrected chi connectivity index (χ1v) is 8.01. The van der Waals surface area contributed by atoms with Gasteiger partial charge in [-0.05, 0) is 38.5 Å². The number of nitrogens with one attached hydrogen (secondary N) is 1. The molecule has 1 aromatic heterocycles. The molecule has 1 spiro atoms. The predicted molar refractivity (Wildman–Crippen MR) is 78.3 cm³/mol. The highest BCUT2D eigenvalue weighted by atomic mass is 32.2. The summed E-state index contributed by atoms with van der Waals surface area (Å²) in [7, 11) is 0. The van der Waals surface area contributed by atoms with Gasteiger partial charge >= 0.3 is 0 Å². The van der Waals surface area contributed by atoms with E-state index in [1.54, 1.807) is 0 Å². The predicted octanol–water partition coefficient (Wildman–Crippen LogP) is 3.12. The van der Waals surface area contributed by atoms with Crippen LogP contribution in [0.25, 0.3) is 0 Å². The molecule has 1 aliphatic heterocycles. The summed E-state index contributed by atoms with van der Waals surface area (Å²) < 4.78 is 5.18. The van der Waals surface area contributed by atoms with Crippen LogP contribution in [0, 0.1) is 12.8 Å². The Balaban J connectivity index is 1.59. The van der Waals surface area contributed by atoms with Gasteiger partial charge in [0.25, 0.3) is 0 Å². The molecule has 0 atom stereocenters. The Morgan fingerprint density at radius 3 is 3.00 bits per heavy atom. The van der Waals surface area contributed by atoms with Crippen LogP contribution in [-0.2, 0) is 6.54 Å². The van der Waals surface area contributed by atoms with Crippen LogP contribution in [0.5, 0.6) is 0 Å². The number of nitrogens with zero attached hydrogens (tertiary/aromatic N) is 2. The highest BCUT2D eigenvalue weighted by Gasteiger charge is 2.39. The molecule has 4 nitrogen and oxygen atoms in total. The molecular formula is C14H21N3OS. The summed E-state index contributed by atoms with van der Waals surface area (Å²) in [5.41, 5.74) is 1.23. The summed E-state index contributed by atoms with van der Waals surface area (Å²) in [6, 6.07) is 1.95. The Morgan fingerprint density at radius 2 is 2.32 bits per heavy atom. The van der Waals surface area contributed by atoms with Gasteiger partial charge < -0.3 is 9.84 Å². The summed E-state index contributed by atoms with van der Waals surface area (Å²) in [6.45, 7) is 4.87. The standard InChI is InChI=1S/C14H21N3OS/c1-10-3-5-14(6-4-10)9-19-13(16-14)15-8-12-7-11(2)17-18-12/h7,10H,3-6,8-9H2,1-2H3,(H,15,16). The highest BCUT2D eigenvalue weighted by Crippen LogP contribution is 2.38. The van der Waals surface area contributed by atoms with E-state index in [4.69, 9.17) is 4.52 Å². The lowest BCUT2D eigenvalue weighted by Gasteiger charge is -2.35. The van der Waals surface area contributed by atoms with Crippen molar-refractivity contribution in [3.8, 4) is 0 Å². The first kappa shape index (κ1) is 13.0. The molecule has 2 aliphatic rings. The fraction of sp³-hybridized carbons (Fsp3) is 0.714. The van der Waals surface area contributed by atoms with Crippen molar-refractivity contribution >= 4 is 16.9 Å². The molecule has 5 heteroatoms. The maximum atomic E-state index is 5.18. The third-order valence-electron chi connectivity index (χ3n) is 4.14. The van der Waals surface area contributed by atoms with Crippen LogP contribution in [0.4, 0.5) is 0 Å². The van der Waals surface area contributed by atoms with E-state index < -0.39 is 0 Å². The number of aryl methyl sites for hydroxylation is 1. The van der Waals surface area contributed by atoms with Gasteiger partial charge in [-0.25, -0.2) is 0 Å². The molecule has 2 fully saturated rings. The lowest BCUT2D eigenvalue weighted by molar-refractivity contribution is 0.250. The van der Waals surface area contributed by atoms with Crippen molar-refractivity contribution in [2.75, 3.05) is 5.75 Å². The molecule has 0 bridgehead atoms. The molecule has 0 aromatic carbocycles. The van der Waals surface area contributed by atoms with Crippen LogP contribution >= 0.6 is 11.8 Å². The van der Waals surface area contributed by atoms with E-state index in [1.165, 1.54) is 25.7 Å². The van der Waals surface area contributed by atoms with E-state index in [2.05, 4.69) is 22.4 Å². The Morgan fingerprint density at radius 1 is 1.53 bits per heavy atom. The molecule has 0 amide bonds. The van der Waals surface area contributed by atoms with Crippen LogP contribution in [-0.4, -0.2) is 21.6 Å². The third kappa shape index (κ3) is 2.96. The van der Waals surface area contributed by atoms with Crippen molar-refractivity contribution in [1.82, 2.24) is 10.5 Å². The number of hydrogen-bond acceptors (Lipinski definition) is 4. The van der Waals surface area contributed by atoms with Crippen molar-refractivity contribution in [3.05, 3.63) is 17.5 Å². The molecule has 0 radical (unpaired) electrons. The van der Waals surface area contributed by atoms with E-state index in [-0.39, 0.29) is 0 Å². The van der Waals surface area contributed by atoms with Gasteiger partial charge in [0, 0.05) is 17.4 Å². The summed E-state index contributed by atoms with van der Waals surface area (Å²) in [5, 5.41) is 8.61. The normalized spacial score (nSPS) is 32.9. The molecule has 1 saturated carbocycles. The first-order valence-electron chi connectivity index (χ1n) is 7.03. The second-order valence-corrected chi connectivity index (χ2v) is 6.90. The second-order valence-electron chi connectivity index (χ2n) is 5.93. The van der Waals surface area contributed by atoms with Gasteiger partial charge in [0.2, 0.25) is 0 Å². The number of aliphatic imine (C=N–C) groups is 1. The fourth-order valence-corrected chi connectivity index (χ4v) is 4.03. The number of rotatable bonds is 2. The van der Waals surface area contributed by atoms with Crippen molar-refractivity contribution in [2.24, 2.45) is 10.9 Å². The van der Waals surface area contributed by atoms with Crippen LogP contribution < -0.4 is 5.32 Å². The van der Waals surface area contributed by atoms with E-state index >= 15 is 0 Å². The third-order valence-corrected chi connectivity index (χ3v) is 5.35. The minimum absolute atomic E-state index is 0.313. The van der Waals surface area contributed by atoms with Crippen molar-refractivity contribution in [2.45, 2.75) is 51.6 Å². The minimum Gasteiger partial charge on any atom is -0.359 e. The topological polar surface area (TPSA) is 50.4 Å². The van der Waals surface area contributed by atoms with Crippen LogP contribution in [0.15, 0.2) is 15.6 Å². The largest absolute Gasteiger partial charge is 0.359 e. The lowest BCUT2D eigenvalue weighted by Crippen LogP contribution is -2.46. The zero-order chi connectivity index (χ0) is 13.3. The minimum atomic E-state index is 0.313. The Labute approximate surface area is 118 Å². The smallest absolute Gasteiger partial charge is 0.158 e. The van der Waals surface area contributed by atoms with E-state index in [1.807, 2.05) is 24.8 Å². The van der Waals surface area contributed by atoms with Crippen LogP contribution in [0.3, 0.4) is 0 Å². The summed E-state index contributed by atoms with van der Waals surface area (Å²) >= 11 is 1.85. The number of thioether (sulfide) groups is 1.